The molecule has 2 aliphatic heterocycles. The van der Waals surface area contributed by atoms with Crippen molar-refractivity contribution in [1.29, 1.82) is 0 Å². The Morgan fingerprint density at radius 1 is 0.884 bits per heavy atom. The van der Waals surface area contributed by atoms with E-state index in [-0.39, 0.29) is 42.3 Å². The van der Waals surface area contributed by atoms with Gasteiger partial charge in [-0.3, -0.25) is 29.9 Å². The number of thiol groups is 1. The van der Waals surface area contributed by atoms with Crippen LogP contribution in [0.1, 0.15) is 24.0 Å². The van der Waals surface area contributed by atoms with Gasteiger partial charge >= 0.3 is 12.2 Å². The van der Waals surface area contributed by atoms with Crippen LogP contribution in [-0.4, -0.2) is 93.0 Å². The molecule has 0 spiro atoms. The van der Waals surface area contributed by atoms with Crippen molar-refractivity contribution in [2.75, 3.05) is 32.7 Å². The summed E-state index contributed by atoms with van der Waals surface area (Å²) >= 11 is 4.49. The van der Waals surface area contributed by atoms with Gasteiger partial charge in [0.15, 0.2) is 0 Å². The zero-order valence-electron chi connectivity index (χ0n) is 23.0. The third-order valence-corrected chi connectivity index (χ3v) is 7.36. The van der Waals surface area contributed by atoms with Crippen LogP contribution in [0, 0.1) is 20.2 Å². The lowest BCUT2D eigenvalue weighted by Gasteiger charge is -2.29. The van der Waals surface area contributed by atoms with E-state index in [0.29, 0.717) is 50.1 Å². The van der Waals surface area contributed by atoms with Crippen LogP contribution in [0.2, 0.25) is 0 Å². The number of hydrogen-bond donors (Lipinski definition) is 1. The topological polar surface area (TPSA) is 178 Å². The van der Waals surface area contributed by atoms with Gasteiger partial charge in [0.2, 0.25) is 5.91 Å². The average Bonchev–Trinajstić information content (AvgIpc) is 3.24. The molecule has 2 atom stereocenters. The van der Waals surface area contributed by atoms with Gasteiger partial charge in [-0.2, -0.15) is 17.6 Å². The standard InChI is InChI=1S/C27H30N6O9S/c34-25(24-14-23(43)15-31(24)27(36)42-17-20-4-8-22(9-5-20)33(39)40)30-11-1-10-29(12-13-30)18-28-26(35)41-16-19-2-6-21(7-3-19)32(37)38/h2-9,18,23-24,43H,1,10-17H2/t23-,24-/m0/s1. The molecule has 16 heteroatoms. The monoisotopic (exact) mass is 614 g/mol. The van der Waals surface area contributed by atoms with Crippen molar-refractivity contribution < 1.29 is 33.7 Å². The molecule has 3 amide bonds. The lowest BCUT2D eigenvalue weighted by molar-refractivity contribution is -0.385. The highest BCUT2D eigenvalue weighted by molar-refractivity contribution is 7.81. The summed E-state index contributed by atoms with van der Waals surface area (Å²) in [6, 6.07) is 10.6. The Kier molecular flexibility index (Phi) is 10.5. The number of carbonyl (C=O) groups excluding carboxylic acids is 3. The van der Waals surface area contributed by atoms with Crippen molar-refractivity contribution in [2.45, 2.75) is 37.3 Å². The molecule has 0 N–H and O–H groups in total. The Morgan fingerprint density at radius 2 is 1.47 bits per heavy atom. The Balaban J connectivity index is 1.25. The zero-order chi connectivity index (χ0) is 30.9. The molecule has 15 nitrogen and oxygen atoms in total. The maximum Gasteiger partial charge on any atom is 0.435 e. The highest BCUT2D eigenvalue weighted by Gasteiger charge is 2.41. The first-order chi connectivity index (χ1) is 20.6. The SMILES string of the molecule is O=C(N=CN1CCCN(C(=O)[C@@H]2C[C@H](S)CN2C(=O)OCc2ccc([N+](=O)[O-])cc2)CC1)OCc1ccc([N+](=O)[O-])cc1. The second kappa shape index (κ2) is 14.4. The van der Waals surface area contributed by atoms with Crippen LogP contribution in [0.25, 0.3) is 0 Å². The molecular weight excluding hydrogens is 584 g/mol. The molecule has 0 unspecified atom stereocenters. The summed E-state index contributed by atoms with van der Waals surface area (Å²) in [4.78, 5) is 67.6. The average molecular weight is 615 g/mol. The number of non-ortho nitro benzene ring substituents is 2. The molecule has 0 bridgehead atoms. The van der Waals surface area contributed by atoms with Gasteiger partial charge in [-0.15, -0.1) is 0 Å². The van der Waals surface area contributed by atoms with E-state index < -0.39 is 28.1 Å². The summed E-state index contributed by atoms with van der Waals surface area (Å²) in [5, 5.41) is 21.4. The Morgan fingerprint density at radius 3 is 2.05 bits per heavy atom. The predicted molar refractivity (Wildman–Crippen MR) is 156 cm³/mol. The minimum absolute atomic E-state index is 0.0625. The van der Waals surface area contributed by atoms with E-state index in [4.69, 9.17) is 9.47 Å². The van der Waals surface area contributed by atoms with Gasteiger partial charge in [0, 0.05) is 62.2 Å². The number of benzene rings is 2. The predicted octanol–water partition coefficient (Wildman–Crippen LogP) is 3.41. The number of aliphatic imine (C=N–C) groups is 1. The molecule has 4 rings (SSSR count). The third kappa shape index (κ3) is 8.64. The molecule has 228 valence electrons. The van der Waals surface area contributed by atoms with E-state index in [1.165, 1.54) is 59.8 Å². The molecule has 2 aromatic carbocycles. The lowest BCUT2D eigenvalue weighted by Crippen LogP contribution is -2.48. The summed E-state index contributed by atoms with van der Waals surface area (Å²) in [6.07, 6.45) is 0.870. The number of carbonyl (C=O) groups is 3. The van der Waals surface area contributed by atoms with Gasteiger partial charge in [-0.25, -0.2) is 9.59 Å². The molecule has 2 aromatic rings. The lowest BCUT2D eigenvalue weighted by atomic mass is 10.2. The van der Waals surface area contributed by atoms with Crippen LogP contribution in [0.5, 0.6) is 0 Å². The first-order valence-corrected chi connectivity index (χ1v) is 13.9. The summed E-state index contributed by atoms with van der Waals surface area (Å²) in [5.74, 6) is -0.217. The minimum Gasteiger partial charge on any atom is -0.445 e. The Bertz CT molecular complexity index is 1370. The van der Waals surface area contributed by atoms with Crippen molar-refractivity contribution in [3.05, 3.63) is 79.9 Å². The molecule has 0 aliphatic carbocycles. The Labute approximate surface area is 251 Å². The van der Waals surface area contributed by atoms with Crippen LogP contribution in [0.15, 0.2) is 53.5 Å². The van der Waals surface area contributed by atoms with E-state index in [9.17, 15) is 34.6 Å². The molecule has 2 heterocycles. The molecule has 2 saturated heterocycles. The molecule has 0 saturated carbocycles. The molecule has 0 radical (unpaired) electrons. The highest BCUT2D eigenvalue weighted by atomic mass is 32.1. The number of rotatable bonds is 8. The van der Waals surface area contributed by atoms with Crippen LogP contribution in [0.4, 0.5) is 21.0 Å². The summed E-state index contributed by atoms with van der Waals surface area (Å²) < 4.78 is 10.5. The van der Waals surface area contributed by atoms with Gasteiger partial charge in [-0.1, -0.05) is 0 Å². The maximum absolute atomic E-state index is 13.5. The second-order valence-electron chi connectivity index (χ2n) is 9.97. The highest BCUT2D eigenvalue weighted by Crippen LogP contribution is 2.25. The molecular formula is C27H30N6O9S. The fraction of sp³-hybridized carbons (Fsp3) is 0.407. The number of likely N-dealkylation sites (tertiary alicyclic amines) is 1. The third-order valence-electron chi connectivity index (χ3n) is 6.99. The van der Waals surface area contributed by atoms with E-state index >= 15 is 0 Å². The van der Waals surface area contributed by atoms with Gasteiger partial charge in [0.25, 0.3) is 11.4 Å². The number of ether oxygens (including phenoxy) is 2. The van der Waals surface area contributed by atoms with Crippen molar-refractivity contribution in [1.82, 2.24) is 14.7 Å². The molecule has 0 aromatic heterocycles. The molecule has 2 fully saturated rings. The fourth-order valence-corrected chi connectivity index (χ4v) is 5.08. The number of amides is 3. The summed E-state index contributed by atoms with van der Waals surface area (Å²) in [7, 11) is 0. The van der Waals surface area contributed by atoms with E-state index in [2.05, 4.69) is 17.6 Å². The van der Waals surface area contributed by atoms with Crippen molar-refractivity contribution in [3.8, 4) is 0 Å². The van der Waals surface area contributed by atoms with E-state index in [1.807, 2.05) is 0 Å². The largest absolute Gasteiger partial charge is 0.445 e. The number of hydrogen-bond acceptors (Lipinski definition) is 10. The van der Waals surface area contributed by atoms with Crippen LogP contribution < -0.4 is 0 Å². The van der Waals surface area contributed by atoms with Gasteiger partial charge in [0.05, 0.1) is 16.2 Å². The van der Waals surface area contributed by atoms with E-state index in [1.54, 1.807) is 9.80 Å². The summed E-state index contributed by atoms with van der Waals surface area (Å²) in [6.45, 7) is 1.81. The first-order valence-electron chi connectivity index (χ1n) is 13.4. The van der Waals surface area contributed by atoms with Crippen molar-refractivity contribution in [2.24, 2.45) is 4.99 Å². The maximum atomic E-state index is 13.5. The van der Waals surface area contributed by atoms with Crippen molar-refractivity contribution >= 4 is 48.4 Å². The van der Waals surface area contributed by atoms with Gasteiger partial charge in [0.1, 0.15) is 19.3 Å². The normalized spacial score (nSPS) is 18.8. The van der Waals surface area contributed by atoms with Gasteiger partial charge < -0.3 is 19.3 Å². The quantitative estimate of drug-likeness (QED) is 0.152. The van der Waals surface area contributed by atoms with Crippen LogP contribution in [0.3, 0.4) is 0 Å². The van der Waals surface area contributed by atoms with E-state index in [0.717, 1.165) is 0 Å². The molecule has 2 aliphatic rings. The van der Waals surface area contributed by atoms with Crippen molar-refractivity contribution in [3.63, 3.8) is 0 Å². The minimum atomic E-state index is -0.816. The fourth-order valence-electron chi connectivity index (χ4n) is 4.70. The molecule has 43 heavy (non-hydrogen) atoms. The smallest absolute Gasteiger partial charge is 0.435 e. The number of nitro groups is 2. The number of nitrogens with zero attached hydrogens (tertiary/aromatic N) is 6. The number of nitro benzene ring substituents is 2. The van der Waals surface area contributed by atoms with Crippen LogP contribution >= 0.6 is 12.6 Å². The zero-order valence-corrected chi connectivity index (χ0v) is 23.9. The Hall–Kier alpha value is -4.73. The second-order valence-corrected chi connectivity index (χ2v) is 10.7. The first kappa shape index (κ1) is 31.2. The summed E-state index contributed by atoms with van der Waals surface area (Å²) in [5.41, 5.74) is 1.03. The van der Waals surface area contributed by atoms with Gasteiger partial charge in [-0.05, 0) is 48.2 Å². The van der Waals surface area contributed by atoms with Crippen LogP contribution in [-0.2, 0) is 27.5 Å².